The molecule has 0 aliphatic rings. The summed E-state index contributed by atoms with van der Waals surface area (Å²) in [5.74, 6) is -0.164. The fourth-order valence-corrected chi connectivity index (χ4v) is 2.52. The molecule has 2 rings (SSSR count). The van der Waals surface area contributed by atoms with Gasteiger partial charge in [0, 0.05) is 5.69 Å². The smallest absolute Gasteiger partial charge is 0.265 e. The number of anilines is 1. The van der Waals surface area contributed by atoms with E-state index in [1.54, 1.807) is 18.2 Å². The van der Waals surface area contributed by atoms with Crippen LogP contribution in [0.15, 0.2) is 29.6 Å². The number of halogens is 1. The monoisotopic (exact) mass is 276 g/mol. The molecule has 0 saturated heterocycles. The van der Waals surface area contributed by atoms with Crippen molar-refractivity contribution in [3.05, 3.63) is 50.7 Å². The minimum absolute atomic E-state index is 0.164. The zero-order chi connectivity index (χ0) is 13.1. The molecule has 0 atom stereocenters. The van der Waals surface area contributed by atoms with E-state index in [4.69, 9.17) is 16.9 Å². The first-order chi connectivity index (χ1) is 8.61. The van der Waals surface area contributed by atoms with Gasteiger partial charge in [0.1, 0.15) is 6.07 Å². The van der Waals surface area contributed by atoms with Gasteiger partial charge in [-0.05, 0) is 42.1 Å². The summed E-state index contributed by atoms with van der Waals surface area (Å²) in [4.78, 5) is 12.6. The van der Waals surface area contributed by atoms with E-state index in [1.165, 1.54) is 11.3 Å². The Morgan fingerprint density at radius 2 is 2.22 bits per heavy atom. The lowest BCUT2D eigenvalue weighted by molar-refractivity contribution is 0.103. The first kappa shape index (κ1) is 12.6. The van der Waals surface area contributed by atoms with Gasteiger partial charge in [0.25, 0.3) is 5.91 Å². The Kier molecular flexibility index (Phi) is 3.66. The van der Waals surface area contributed by atoms with Crippen molar-refractivity contribution in [1.82, 2.24) is 0 Å². The van der Waals surface area contributed by atoms with Crippen LogP contribution in [0.2, 0.25) is 5.02 Å². The highest BCUT2D eigenvalue weighted by Crippen LogP contribution is 2.22. The number of carbonyl (C=O) groups excluding carboxylic acids is 1. The fraction of sp³-hybridized carbons (Fsp3) is 0.0769. The summed E-state index contributed by atoms with van der Waals surface area (Å²) in [6.07, 6.45) is 0. The summed E-state index contributed by atoms with van der Waals surface area (Å²) in [6.45, 7) is 1.89. The van der Waals surface area contributed by atoms with Crippen LogP contribution in [-0.2, 0) is 0 Å². The molecular formula is C13H9ClN2OS. The molecular weight excluding hydrogens is 268 g/mol. The van der Waals surface area contributed by atoms with Crippen molar-refractivity contribution < 1.29 is 4.79 Å². The topological polar surface area (TPSA) is 52.9 Å². The second-order valence-corrected chi connectivity index (χ2v) is 5.02. The number of nitriles is 1. The Bertz CT molecular complexity index is 643. The number of nitrogens with one attached hydrogen (secondary N) is 1. The molecule has 0 radical (unpaired) electrons. The maximum Gasteiger partial charge on any atom is 0.265 e. The van der Waals surface area contributed by atoms with Gasteiger partial charge >= 0.3 is 0 Å². The number of aryl methyl sites for hydroxylation is 1. The van der Waals surface area contributed by atoms with Gasteiger partial charge in [-0.25, -0.2) is 0 Å². The average Bonchev–Trinajstić information content (AvgIpc) is 2.76. The molecule has 1 heterocycles. The van der Waals surface area contributed by atoms with Crippen molar-refractivity contribution in [2.24, 2.45) is 0 Å². The molecule has 1 amide bonds. The molecule has 0 unspecified atom stereocenters. The van der Waals surface area contributed by atoms with Crippen LogP contribution in [-0.4, -0.2) is 5.91 Å². The van der Waals surface area contributed by atoms with Crippen LogP contribution in [0.1, 0.15) is 20.8 Å². The highest BCUT2D eigenvalue weighted by atomic mass is 35.5. The molecule has 1 aromatic carbocycles. The summed E-state index contributed by atoms with van der Waals surface area (Å²) >= 11 is 7.29. The van der Waals surface area contributed by atoms with E-state index < -0.39 is 0 Å². The van der Waals surface area contributed by atoms with Gasteiger partial charge in [0.05, 0.1) is 15.5 Å². The number of benzene rings is 1. The summed E-state index contributed by atoms with van der Waals surface area (Å²) in [5.41, 5.74) is 1.91. The predicted octanol–water partition coefficient (Wildman–Crippen LogP) is 3.83. The van der Waals surface area contributed by atoms with Gasteiger partial charge in [-0.1, -0.05) is 11.6 Å². The third kappa shape index (κ3) is 2.53. The SMILES string of the molecule is Cc1ccsc1C(=O)Nc1ccc(C#N)c(Cl)c1. The van der Waals surface area contributed by atoms with Crippen molar-refractivity contribution in [2.45, 2.75) is 6.92 Å². The summed E-state index contributed by atoms with van der Waals surface area (Å²) < 4.78 is 0. The van der Waals surface area contributed by atoms with Gasteiger partial charge in [0.2, 0.25) is 0 Å². The van der Waals surface area contributed by atoms with Crippen LogP contribution in [0.4, 0.5) is 5.69 Å². The Hall–Kier alpha value is -1.83. The lowest BCUT2D eigenvalue weighted by Gasteiger charge is -2.05. The third-order valence-corrected chi connectivity index (χ3v) is 3.74. The first-order valence-corrected chi connectivity index (χ1v) is 6.42. The summed E-state index contributed by atoms with van der Waals surface area (Å²) in [6, 6.07) is 8.67. The van der Waals surface area contributed by atoms with Crippen LogP contribution < -0.4 is 5.32 Å². The minimum Gasteiger partial charge on any atom is -0.321 e. The first-order valence-electron chi connectivity index (χ1n) is 5.17. The van der Waals surface area contributed by atoms with Gasteiger partial charge in [-0.3, -0.25) is 4.79 Å². The van der Waals surface area contributed by atoms with E-state index in [0.29, 0.717) is 21.2 Å². The Labute approximate surface area is 114 Å². The van der Waals surface area contributed by atoms with Crippen LogP contribution in [0, 0.1) is 18.3 Å². The van der Waals surface area contributed by atoms with Crippen LogP contribution >= 0.6 is 22.9 Å². The Morgan fingerprint density at radius 1 is 1.44 bits per heavy atom. The van der Waals surface area contributed by atoms with E-state index in [9.17, 15) is 4.79 Å². The maximum absolute atomic E-state index is 12.0. The van der Waals surface area contributed by atoms with Crippen LogP contribution in [0.5, 0.6) is 0 Å². The number of amides is 1. The molecule has 0 aliphatic carbocycles. The van der Waals surface area contributed by atoms with Crippen molar-refractivity contribution in [3.63, 3.8) is 0 Å². The van der Waals surface area contributed by atoms with Crippen molar-refractivity contribution >= 4 is 34.5 Å². The van der Waals surface area contributed by atoms with Gasteiger partial charge < -0.3 is 5.32 Å². The number of carbonyl (C=O) groups is 1. The molecule has 0 spiro atoms. The molecule has 1 aromatic heterocycles. The van der Waals surface area contributed by atoms with Crippen molar-refractivity contribution in [1.29, 1.82) is 5.26 Å². The summed E-state index contributed by atoms with van der Waals surface area (Å²) in [7, 11) is 0. The predicted molar refractivity (Wildman–Crippen MR) is 73.2 cm³/mol. The lowest BCUT2D eigenvalue weighted by atomic mass is 10.2. The maximum atomic E-state index is 12.0. The zero-order valence-electron chi connectivity index (χ0n) is 9.53. The van der Waals surface area contributed by atoms with E-state index >= 15 is 0 Å². The Morgan fingerprint density at radius 3 is 2.78 bits per heavy atom. The minimum atomic E-state index is -0.164. The molecule has 0 aliphatic heterocycles. The quantitative estimate of drug-likeness (QED) is 0.906. The standard InChI is InChI=1S/C13H9ClN2OS/c1-8-4-5-18-12(8)13(17)16-10-3-2-9(7-15)11(14)6-10/h2-6H,1H3,(H,16,17). The second-order valence-electron chi connectivity index (χ2n) is 3.69. The van der Waals surface area contributed by atoms with Crippen molar-refractivity contribution in [2.75, 3.05) is 5.32 Å². The molecule has 0 bridgehead atoms. The molecule has 90 valence electrons. The highest BCUT2D eigenvalue weighted by molar-refractivity contribution is 7.12. The normalized spacial score (nSPS) is 9.83. The highest BCUT2D eigenvalue weighted by Gasteiger charge is 2.11. The van der Waals surface area contributed by atoms with E-state index in [1.807, 2.05) is 24.4 Å². The zero-order valence-corrected chi connectivity index (χ0v) is 11.1. The third-order valence-electron chi connectivity index (χ3n) is 2.42. The van der Waals surface area contributed by atoms with Gasteiger partial charge in [-0.15, -0.1) is 11.3 Å². The van der Waals surface area contributed by atoms with Gasteiger partial charge in [0.15, 0.2) is 0 Å². The molecule has 18 heavy (non-hydrogen) atoms. The Balaban J connectivity index is 2.21. The molecule has 0 saturated carbocycles. The van der Waals surface area contributed by atoms with Crippen molar-refractivity contribution in [3.8, 4) is 6.07 Å². The largest absolute Gasteiger partial charge is 0.321 e. The van der Waals surface area contributed by atoms with E-state index in [0.717, 1.165) is 5.56 Å². The van der Waals surface area contributed by atoms with Crippen LogP contribution in [0.25, 0.3) is 0 Å². The molecule has 2 aromatic rings. The number of hydrogen-bond donors (Lipinski definition) is 1. The molecule has 3 nitrogen and oxygen atoms in total. The number of thiophene rings is 1. The lowest BCUT2D eigenvalue weighted by Crippen LogP contribution is -2.11. The van der Waals surface area contributed by atoms with Crippen LogP contribution in [0.3, 0.4) is 0 Å². The number of hydrogen-bond acceptors (Lipinski definition) is 3. The number of nitrogens with zero attached hydrogens (tertiary/aromatic N) is 1. The number of rotatable bonds is 2. The van der Waals surface area contributed by atoms with Gasteiger partial charge in [-0.2, -0.15) is 5.26 Å². The summed E-state index contributed by atoms with van der Waals surface area (Å²) in [5, 5.41) is 13.7. The molecule has 5 heteroatoms. The molecule has 0 fully saturated rings. The molecule has 1 N–H and O–H groups in total. The average molecular weight is 277 g/mol. The van der Waals surface area contributed by atoms with E-state index in [-0.39, 0.29) is 5.91 Å². The fourth-order valence-electron chi connectivity index (χ4n) is 1.48. The second kappa shape index (κ2) is 5.21. The van der Waals surface area contributed by atoms with E-state index in [2.05, 4.69) is 5.32 Å².